The molecule has 3 rings (SSSR count). The summed E-state index contributed by atoms with van der Waals surface area (Å²) in [5.74, 6) is -0.505. The van der Waals surface area contributed by atoms with Gasteiger partial charge in [0.1, 0.15) is 6.61 Å². The van der Waals surface area contributed by atoms with E-state index in [1.807, 2.05) is 54.6 Å². The van der Waals surface area contributed by atoms with Gasteiger partial charge in [-0.15, -0.1) is 0 Å². The maximum atomic E-state index is 12.1. The maximum Gasteiger partial charge on any atom is 0.338 e. The molecule has 0 bridgehead atoms. The third-order valence-electron chi connectivity index (χ3n) is 4.06. The van der Waals surface area contributed by atoms with Crippen molar-refractivity contribution in [1.29, 1.82) is 0 Å². The number of nitrogens with zero attached hydrogens (tertiary/aromatic N) is 1. The van der Waals surface area contributed by atoms with Crippen LogP contribution in [-0.4, -0.2) is 10.9 Å². The second kappa shape index (κ2) is 7.61. The Hall–Kier alpha value is -3.47. The number of carbonyl (C=O) groups is 1. The van der Waals surface area contributed by atoms with Crippen molar-refractivity contribution in [2.75, 3.05) is 0 Å². The van der Waals surface area contributed by atoms with E-state index in [0.717, 1.165) is 16.7 Å². The number of esters is 1. The first-order valence-electron chi connectivity index (χ1n) is 8.11. The van der Waals surface area contributed by atoms with E-state index >= 15 is 0 Å². The molecule has 0 heterocycles. The highest BCUT2D eigenvalue weighted by atomic mass is 16.6. The van der Waals surface area contributed by atoms with Gasteiger partial charge in [-0.2, -0.15) is 0 Å². The van der Waals surface area contributed by atoms with Crippen molar-refractivity contribution >= 4 is 11.7 Å². The summed E-state index contributed by atoms with van der Waals surface area (Å²) in [4.78, 5) is 22.5. The summed E-state index contributed by atoms with van der Waals surface area (Å²) in [6.45, 7) is 1.74. The Morgan fingerprint density at radius 2 is 1.62 bits per heavy atom. The number of hydrogen-bond acceptors (Lipinski definition) is 4. The van der Waals surface area contributed by atoms with Crippen molar-refractivity contribution in [3.05, 3.63) is 99.6 Å². The van der Waals surface area contributed by atoms with Gasteiger partial charge in [0, 0.05) is 11.6 Å². The van der Waals surface area contributed by atoms with Crippen LogP contribution in [-0.2, 0) is 11.3 Å². The van der Waals surface area contributed by atoms with Crippen LogP contribution >= 0.6 is 0 Å². The molecule has 0 amide bonds. The smallest absolute Gasteiger partial charge is 0.338 e. The molecule has 5 heteroatoms. The first-order valence-corrected chi connectivity index (χ1v) is 8.11. The van der Waals surface area contributed by atoms with Crippen molar-refractivity contribution in [2.45, 2.75) is 13.5 Å². The molecule has 26 heavy (non-hydrogen) atoms. The highest BCUT2D eigenvalue weighted by molar-refractivity contribution is 5.90. The van der Waals surface area contributed by atoms with E-state index in [1.54, 1.807) is 6.92 Å². The monoisotopic (exact) mass is 347 g/mol. The van der Waals surface area contributed by atoms with Gasteiger partial charge in [-0.25, -0.2) is 4.79 Å². The van der Waals surface area contributed by atoms with Crippen molar-refractivity contribution in [3.8, 4) is 11.1 Å². The topological polar surface area (TPSA) is 69.4 Å². The van der Waals surface area contributed by atoms with E-state index < -0.39 is 10.9 Å². The van der Waals surface area contributed by atoms with Gasteiger partial charge in [0.05, 0.1) is 10.5 Å². The number of benzene rings is 3. The van der Waals surface area contributed by atoms with Crippen LogP contribution in [0, 0.1) is 17.0 Å². The third kappa shape index (κ3) is 3.95. The van der Waals surface area contributed by atoms with Crippen molar-refractivity contribution < 1.29 is 14.5 Å². The molecule has 0 spiro atoms. The van der Waals surface area contributed by atoms with E-state index in [0.29, 0.717) is 11.1 Å². The number of nitro groups is 1. The van der Waals surface area contributed by atoms with Gasteiger partial charge in [-0.3, -0.25) is 10.1 Å². The highest BCUT2D eigenvalue weighted by Crippen LogP contribution is 2.21. The first kappa shape index (κ1) is 17.4. The Labute approximate surface area is 151 Å². The van der Waals surface area contributed by atoms with Gasteiger partial charge in [-0.1, -0.05) is 54.6 Å². The summed E-state index contributed by atoms with van der Waals surface area (Å²) >= 11 is 0. The normalized spacial score (nSPS) is 10.3. The van der Waals surface area contributed by atoms with Gasteiger partial charge >= 0.3 is 5.97 Å². The van der Waals surface area contributed by atoms with E-state index in [2.05, 4.69) is 0 Å². The minimum Gasteiger partial charge on any atom is -0.457 e. The molecule has 0 atom stereocenters. The highest BCUT2D eigenvalue weighted by Gasteiger charge is 2.14. The Balaban J connectivity index is 1.64. The molecule has 5 nitrogen and oxygen atoms in total. The average molecular weight is 347 g/mol. The Bertz CT molecular complexity index is 934. The van der Waals surface area contributed by atoms with Gasteiger partial charge in [0.2, 0.25) is 0 Å². The molecule has 0 aliphatic carbocycles. The number of nitro benzene ring substituents is 1. The molecule has 0 fully saturated rings. The fraction of sp³-hybridized carbons (Fsp3) is 0.0952. The zero-order chi connectivity index (χ0) is 18.5. The second-order valence-electron chi connectivity index (χ2n) is 5.90. The van der Waals surface area contributed by atoms with E-state index in [4.69, 9.17) is 4.74 Å². The molecule has 0 saturated carbocycles. The molecular weight excluding hydrogens is 330 g/mol. The third-order valence-corrected chi connectivity index (χ3v) is 4.06. The minimum atomic E-state index is -0.505. The Kier molecular flexibility index (Phi) is 5.08. The molecule has 0 aliphatic rings. The number of aryl methyl sites for hydroxylation is 1. The lowest BCUT2D eigenvalue weighted by Gasteiger charge is -2.07. The minimum absolute atomic E-state index is 0.0157. The van der Waals surface area contributed by atoms with Gasteiger partial charge in [0.15, 0.2) is 0 Å². The molecule has 0 saturated heterocycles. The maximum absolute atomic E-state index is 12.1. The SMILES string of the molecule is Cc1cc(C(=O)OCc2ccc(-c3ccccc3)cc2)ccc1[N+](=O)[O-]. The molecule has 130 valence electrons. The molecular formula is C21H17NO4. The summed E-state index contributed by atoms with van der Waals surface area (Å²) in [5, 5.41) is 10.8. The van der Waals surface area contributed by atoms with Crippen molar-refractivity contribution in [2.24, 2.45) is 0 Å². The van der Waals surface area contributed by atoms with E-state index in [9.17, 15) is 14.9 Å². The van der Waals surface area contributed by atoms with E-state index in [-0.39, 0.29) is 12.3 Å². The number of rotatable bonds is 5. The van der Waals surface area contributed by atoms with Crippen LogP contribution in [0.5, 0.6) is 0 Å². The average Bonchev–Trinajstić information content (AvgIpc) is 2.67. The van der Waals surface area contributed by atoms with Gasteiger partial charge in [0.25, 0.3) is 5.69 Å². The van der Waals surface area contributed by atoms with Crippen LogP contribution in [0.4, 0.5) is 5.69 Å². The molecule has 0 aliphatic heterocycles. The van der Waals surface area contributed by atoms with Crippen LogP contribution < -0.4 is 0 Å². The standard InChI is InChI=1S/C21H17NO4/c1-15-13-19(11-12-20(15)22(24)25)21(23)26-14-16-7-9-18(10-8-16)17-5-3-2-4-6-17/h2-13H,14H2,1H3. The predicted molar refractivity (Wildman–Crippen MR) is 98.8 cm³/mol. The number of hydrogen-bond donors (Lipinski definition) is 0. The van der Waals surface area contributed by atoms with Gasteiger partial charge in [-0.05, 0) is 35.7 Å². The van der Waals surface area contributed by atoms with Gasteiger partial charge < -0.3 is 4.74 Å². The second-order valence-corrected chi connectivity index (χ2v) is 5.90. The number of carbonyl (C=O) groups excluding carboxylic acids is 1. The Morgan fingerprint density at radius 3 is 2.23 bits per heavy atom. The van der Waals surface area contributed by atoms with Crippen LogP contribution in [0.1, 0.15) is 21.5 Å². The predicted octanol–water partition coefficient (Wildman–Crippen LogP) is 4.93. The van der Waals surface area contributed by atoms with Crippen LogP contribution in [0.25, 0.3) is 11.1 Å². The van der Waals surface area contributed by atoms with Crippen LogP contribution in [0.2, 0.25) is 0 Å². The summed E-state index contributed by atoms with van der Waals surface area (Å²) in [6, 6.07) is 22.0. The van der Waals surface area contributed by atoms with Crippen molar-refractivity contribution in [1.82, 2.24) is 0 Å². The molecule has 0 radical (unpaired) electrons. The molecule has 0 unspecified atom stereocenters. The molecule has 0 N–H and O–H groups in total. The first-order chi connectivity index (χ1) is 12.5. The molecule has 0 aromatic heterocycles. The fourth-order valence-electron chi connectivity index (χ4n) is 2.64. The summed E-state index contributed by atoms with van der Waals surface area (Å²) < 4.78 is 5.31. The number of ether oxygens (including phenoxy) is 1. The van der Waals surface area contributed by atoms with Crippen LogP contribution in [0.15, 0.2) is 72.8 Å². The lowest BCUT2D eigenvalue weighted by atomic mass is 10.0. The lowest BCUT2D eigenvalue weighted by molar-refractivity contribution is -0.385. The van der Waals surface area contributed by atoms with Crippen molar-refractivity contribution in [3.63, 3.8) is 0 Å². The zero-order valence-electron chi connectivity index (χ0n) is 14.2. The van der Waals surface area contributed by atoms with Crippen LogP contribution in [0.3, 0.4) is 0 Å². The zero-order valence-corrected chi connectivity index (χ0v) is 14.2. The fourth-order valence-corrected chi connectivity index (χ4v) is 2.64. The lowest BCUT2D eigenvalue weighted by Crippen LogP contribution is -2.06. The summed E-state index contributed by atoms with van der Waals surface area (Å²) in [5.41, 5.74) is 3.80. The molecule has 3 aromatic rings. The Morgan fingerprint density at radius 1 is 0.962 bits per heavy atom. The summed E-state index contributed by atoms with van der Waals surface area (Å²) in [6.07, 6.45) is 0. The largest absolute Gasteiger partial charge is 0.457 e. The quantitative estimate of drug-likeness (QED) is 0.373. The van der Waals surface area contributed by atoms with E-state index in [1.165, 1.54) is 18.2 Å². The molecule has 3 aromatic carbocycles. The summed E-state index contributed by atoms with van der Waals surface area (Å²) in [7, 11) is 0.